The number of pyridine rings is 1. The highest BCUT2D eigenvalue weighted by molar-refractivity contribution is 6.17. The van der Waals surface area contributed by atoms with Crippen molar-refractivity contribution in [2.75, 3.05) is 37.6 Å². The van der Waals surface area contributed by atoms with E-state index in [1.165, 1.54) is 18.4 Å². The van der Waals surface area contributed by atoms with Gasteiger partial charge in [-0.05, 0) is 25.1 Å². The molecular formula is C17H22ClN3. The van der Waals surface area contributed by atoms with Gasteiger partial charge in [0.05, 0.1) is 11.4 Å². The molecule has 2 aromatic rings. The van der Waals surface area contributed by atoms with Crippen LogP contribution in [0.5, 0.6) is 0 Å². The number of anilines is 1. The Morgan fingerprint density at radius 1 is 1.14 bits per heavy atom. The summed E-state index contributed by atoms with van der Waals surface area (Å²) in [6.45, 7) is 7.74. The first-order chi connectivity index (χ1) is 10.3. The van der Waals surface area contributed by atoms with Gasteiger partial charge in [-0.15, -0.1) is 11.6 Å². The van der Waals surface area contributed by atoms with E-state index >= 15 is 0 Å². The van der Waals surface area contributed by atoms with Crippen LogP contribution in [0.2, 0.25) is 0 Å². The number of alkyl halides is 1. The number of hydrogen-bond acceptors (Lipinski definition) is 3. The van der Waals surface area contributed by atoms with Gasteiger partial charge in [-0.1, -0.05) is 25.1 Å². The first kappa shape index (κ1) is 14.6. The minimum absolute atomic E-state index is 0.516. The second kappa shape index (κ2) is 6.63. The van der Waals surface area contributed by atoms with Crippen LogP contribution in [0.4, 0.5) is 5.82 Å². The van der Waals surface area contributed by atoms with Gasteiger partial charge < -0.3 is 4.90 Å². The molecule has 112 valence electrons. The van der Waals surface area contributed by atoms with Crippen LogP contribution in [-0.4, -0.2) is 42.6 Å². The molecule has 0 saturated carbocycles. The normalized spacial score (nSPS) is 16.6. The van der Waals surface area contributed by atoms with Gasteiger partial charge in [0.25, 0.3) is 0 Å². The second-order valence-corrected chi connectivity index (χ2v) is 5.89. The SMILES string of the molecule is CCCN1CCN(c2nc3ccccc3cc2CCl)CC1. The Labute approximate surface area is 131 Å². The van der Waals surface area contributed by atoms with Gasteiger partial charge in [-0.3, -0.25) is 4.90 Å². The molecular weight excluding hydrogens is 282 g/mol. The van der Waals surface area contributed by atoms with Crippen LogP contribution in [0, 0.1) is 0 Å². The number of benzene rings is 1. The molecule has 1 fully saturated rings. The van der Waals surface area contributed by atoms with E-state index in [0.717, 1.165) is 43.1 Å². The first-order valence-electron chi connectivity index (χ1n) is 7.73. The zero-order valence-electron chi connectivity index (χ0n) is 12.6. The summed E-state index contributed by atoms with van der Waals surface area (Å²) in [6.07, 6.45) is 1.22. The highest BCUT2D eigenvalue weighted by Gasteiger charge is 2.20. The average molecular weight is 304 g/mol. The minimum Gasteiger partial charge on any atom is -0.354 e. The summed E-state index contributed by atoms with van der Waals surface area (Å²) >= 11 is 6.15. The molecule has 1 aromatic heterocycles. The third kappa shape index (κ3) is 3.14. The van der Waals surface area contributed by atoms with Gasteiger partial charge in [-0.25, -0.2) is 4.98 Å². The Kier molecular flexibility index (Phi) is 4.61. The number of hydrogen-bond donors (Lipinski definition) is 0. The standard InChI is InChI=1S/C17H22ClN3/c1-2-7-20-8-10-21(11-9-20)17-15(13-18)12-14-5-3-4-6-16(14)19-17/h3-6,12H,2,7-11,13H2,1H3. The van der Waals surface area contributed by atoms with Gasteiger partial charge in [0.15, 0.2) is 0 Å². The Morgan fingerprint density at radius 3 is 2.62 bits per heavy atom. The third-order valence-corrected chi connectivity index (χ3v) is 4.42. The lowest BCUT2D eigenvalue weighted by Gasteiger charge is -2.36. The molecule has 0 amide bonds. The zero-order chi connectivity index (χ0) is 14.7. The molecule has 2 heterocycles. The summed E-state index contributed by atoms with van der Waals surface area (Å²) in [4.78, 5) is 9.77. The van der Waals surface area contributed by atoms with Crippen LogP contribution in [0.3, 0.4) is 0 Å². The van der Waals surface area contributed by atoms with E-state index in [-0.39, 0.29) is 0 Å². The molecule has 0 unspecified atom stereocenters. The molecule has 1 aliphatic heterocycles. The summed E-state index contributed by atoms with van der Waals surface area (Å²) < 4.78 is 0. The van der Waals surface area contributed by atoms with Crippen LogP contribution in [0.1, 0.15) is 18.9 Å². The molecule has 1 saturated heterocycles. The van der Waals surface area contributed by atoms with Crippen LogP contribution in [0.25, 0.3) is 10.9 Å². The van der Waals surface area contributed by atoms with Gasteiger partial charge in [0, 0.05) is 37.1 Å². The molecule has 0 radical (unpaired) electrons. The van der Waals surface area contributed by atoms with E-state index < -0.39 is 0 Å². The van der Waals surface area contributed by atoms with Crippen LogP contribution < -0.4 is 4.90 Å². The van der Waals surface area contributed by atoms with E-state index in [4.69, 9.17) is 16.6 Å². The molecule has 0 aliphatic carbocycles. The average Bonchev–Trinajstić information content (AvgIpc) is 2.54. The number of piperazine rings is 1. The van der Waals surface area contributed by atoms with Crippen molar-refractivity contribution in [2.24, 2.45) is 0 Å². The van der Waals surface area contributed by atoms with E-state index in [2.05, 4.69) is 34.9 Å². The Morgan fingerprint density at radius 2 is 1.90 bits per heavy atom. The monoisotopic (exact) mass is 303 g/mol. The fraction of sp³-hybridized carbons (Fsp3) is 0.471. The van der Waals surface area contributed by atoms with Crippen molar-refractivity contribution in [1.82, 2.24) is 9.88 Å². The molecule has 0 atom stereocenters. The van der Waals surface area contributed by atoms with Crippen LogP contribution >= 0.6 is 11.6 Å². The van der Waals surface area contributed by atoms with Crippen molar-refractivity contribution < 1.29 is 0 Å². The maximum absolute atomic E-state index is 6.15. The summed E-state index contributed by atoms with van der Waals surface area (Å²) in [5, 5.41) is 1.17. The van der Waals surface area contributed by atoms with Crippen molar-refractivity contribution in [1.29, 1.82) is 0 Å². The summed E-state index contributed by atoms with van der Waals surface area (Å²) in [5.74, 6) is 1.59. The maximum Gasteiger partial charge on any atom is 0.133 e. The summed E-state index contributed by atoms with van der Waals surface area (Å²) in [5.41, 5.74) is 2.19. The molecule has 0 N–H and O–H groups in total. The van der Waals surface area contributed by atoms with Crippen molar-refractivity contribution in [3.8, 4) is 0 Å². The minimum atomic E-state index is 0.516. The van der Waals surface area contributed by atoms with E-state index in [1.54, 1.807) is 0 Å². The highest BCUT2D eigenvalue weighted by atomic mass is 35.5. The van der Waals surface area contributed by atoms with Gasteiger partial charge in [-0.2, -0.15) is 0 Å². The first-order valence-corrected chi connectivity index (χ1v) is 8.27. The summed E-state index contributed by atoms with van der Waals surface area (Å²) in [7, 11) is 0. The quantitative estimate of drug-likeness (QED) is 0.806. The van der Waals surface area contributed by atoms with Crippen molar-refractivity contribution in [2.45, 2.75) is 19.2 Å². The predicted octanol–water partition coefficient (Wildman–Crippen LogP) is 3.51. The fourth-order valence-electron chi connectivity index (χ4n) is 3.02. The topological polar surface area (TPSA) is 19.4 Å². The van der Waals surface area contributed by atoms with Crippen LogP contribution in [0.15, 0.2) is 30.3 Å². The number of nitrogens with zero attached hydrogens (tertiary/aromatic N) is 3. The van der Waals surface area contributed by atoms with E-state index in [1.807, 2.05) is 12.1 Å². The largest absolute Gasteiger partial charge is 0.354 e. The molecule has 1 aliphatic rings. The number of para-hydroxylation sites is 1. The third-order valence-electron chi connectivity index (χ3n) is 4.14. The molecule has 0 spiro atoms. The number of fused-ring (bicyclic) bond motifs is 1. The Balaban J connectivity index is 1.86. The number of rotatable bonds is 4. The van der Waals surface area contributed by atoms with E-state index in [0.29, 0.717) is 5.88 Å². The van der Waals surface area contributed by atoms with Gasteiger partial charge >= 0.3 is 0 Å². The molecule has 3 nitrogen and oxygen atoms in total. The zero-order valence-corrected chi connectivity index (χ0v) is 13.3. The lowest BCUT2D eigenvalue weighted by Crippen LogP contribution is -2.47. The van der Waals surface area contributed by atoms with Crippen molar-refractivity contribution >= 4 is 28.3 Å². The lowest BCUT2D eigenvalue weighted by molar-refractivity contribution is 0.258. The fourth-order valence-corrected chi connectivity index (χ4v) is 3.22. The Bertz CT molecular complexity index is 606. The van der Waals surface area contributed by atoms with Crippen molar-refractivity contribution in [3.05, 3.63) is 35.9 Å². The van der Waals surface area contributed by atoms with Gasteiger partial charge in [0.1, 0.15) is 5.82 Å². The highest BCUT2D eigenvalue weighted by Crippen LogP contribution is 2.26. The molecule has 4 heteroatoms. The smallest absolute Gasteiger partial charge is 0.133 e. The molecule has 3 rings (SSSR count). The van der Waals surface area contributed by atoms with Crippen molar-refractivity contribution in [3.63, 3.8) is 0 Å². The number of aromatic nitrogens is 1. The molecule has 0 bridgehead atoms. The summed E-state index contributed by atoms with van der Waals surface area (Å²) in [6, 6.07) is 10.4. The van der Waals surface area contributed by atoms with Gasteiger partial charge in [0.2, 0.25) is 0 Å². The van der Waals surface area contributed by atoms with E-state index in [9.17, 15) is 0 Å². The molecule has 21 heavy (non-hydrogen) atoms. The van der Waals surface area contributed by atoms with Crippen LogP contribution in [-0.2, 0) is 5.88 Å². The second-order valence-electron chi connectivity index (χ2n) is 5.63. The lowest BCUT2D eigenvalue weighted by atomic mass is 10.1. The molecule has 1 aromatic carbocycles. The Hall–Kier alpha value is -1.32. The maximum atomic E-state index is 6.15. The predicted molar refractivity (Wildman–Crippen MR) is 90.2 cm³/mol. The number of halogens is 1.